The van der Waals surface area contributed by atoms with Gasteiger partial charge in [-0.15, -0.1) is 0 Å². The van der Waals surface area contributed by atoms with Crippen LogP contribution in [-0.2, 0) is 9.53 Å². The van der Waals surface area contributed by atoms with Gasteiger partial charge in [0, 0.05) is 56.6 Å². The Bertz CT molecular complexity index is 888. The SMILES string of the molecule is CNC[C@H](CN1CCCCC1=O)NC(=O)N1CCC[C@@H](C(OCCNC(=O)O)c2cccc(Cl)c2)C1. The van der Waals surface area contributed by atoms with Crippen LogP contribution >= 0.6 is 11.6 Å². The number of nitrogens with one attached hydrogen (secondary N) is 3. The van der Waals surface area contributed by atoms with Gasteiger partial charge in [-0.1, -0.05) is 23.7 Å². The largest absolute Gasteiger partial charge is 0.465 e. The molecule has 1 unspecified atom stereocenters. The van der Waals surface area contributed by atoms with Gasteiger partial charge < -0.3 is 35.6 Å². The molecule has 0 spiro atoms. The van der Waals surface area contributed by atoms with Crippen molar-refractivity contribution in [1.29, 1.82) is 0 Å². The van der Waals surface area contributed by atoms with E-state index < -0.39 is 6.09 Å². The Morgan fingerprint density at radius 3 is 2.81 bits per heavy atom. The fraction of sp³-hybridized carbons (Fsp3) is 0.640. The molecule has 2 saturated heterocycles. The van der Waals surface area contributed by atoms with Gasteiger partial charge in [0.1, 0.15) is 0 Å². The first-order valence-corrected chi connectivity index (χ1v) is 13.1. The fourth-order valence-corrected chi connectivity index (χ4v) is 5.17. The Hall–Kier alpha value is -2.56. The number of halogens is 1. The van der Waals surface area contributed by atoms with E-state index in [1.807, 2.05) is 35.0 Å². The third-order valence-corrected chi connectivity index (χ3v) is 6.90. The highest BCUT2D eigenvalue weighted by atomic mass is 35.5. The lowest BCUT2D eigenvalue weighted by Gasteiger charge is -2.38. The van der Waals surface area contributed by atoms with E-state index in [9.17, 15) is 14.4 Å². The van der Waals surface area contributed by atoms with Gasteiger partial charge in [-0.05, 0) is 50.4 Å². The number of piperidine rings is 2. The minimum Gasteiger partial charge on any atom is -0.465 e. The third kappa shape index (κ3) is 8.53. The maximum absolute atomic E-state index is 13.2. The van der Waals surface area contributed by atoms with Gasteiger partial charge in [-0.25, -0.2) is 9.59 Å². The molecule has 200 valence electrons. The van der Waals surface area contributed by atoms with E-state index in [1.54, 1.807) is 6.07 Å². The van der Waals surface area contributed by atoms with E-state index in [0.717, 1.165) is 37.8 Å². The Labute approximate surface area is 217 Å². The van der Waals surface area contributed by atoms with Crippen LogP contribution in [0.25, 0.3) is 0 Å². The van der Waals surface area contributed by atoms with E-state index in [0.29, 0.717) is 37.6 Å². The summed E-state index contributed by atoms with van der Waals surface area (Å²) < 4.78 is 6.14. The number of hydrogen-bond donors (Lipinski definition) is 4. The zero-order valence-electron chi connectivity index (χ0n) is 20.9. The fourth-order valence-electron chi connectivity index (χ4n) is 4.97. The molecule has 0 aliphatic carbocycles. The lowest BCUT2D eigenvalue weighted by atomic mass is 9.88. The van der Waals surface area contributed by atoms with Gasteiger partial charge in [0.25, 0.3) is 0 Å². The summed E-state index contributed by atoms with van der Waals surface area (Å²) in [6, 6.07) is 7.12. The zero-order valence-corrected chi connectivity index (χ0v) is 21.6. The topological polar surface area (TPSA) is 123 Å². The van der Waals surface area contributed by atoms with E-state index in [-0.39, 0.29) is 43.2 Å². The molecule has 11 heteroatoms. The highest BCUT2D eigenvalue weighted by Gasteiger charge is 2.32. The highest BCUT2D eigenvalue weighted by Crippen LogP contribution is 2.34. The smallest absolute Gasteiger partial charge is 0.404 e. The molecule has 2 heterocycles. The van der Waals surface area contributed by atoms with Crippen molar-refractivity contribution in [2.45, 2.75) is 44.2 Å². The molecule has 2 aliphatic rings. The number of carbonyl (C=O) groups is 3. The van der Waals surface area contributed by atoms with E-state index in [1.165, 1.54) is 0 Å². The summed E-state index contributed by atoms with van der Waals surface area (Å²) in [7, 11) is 1.83. The van der Waals surface area contributed by atoms with E-state index in [2.05, 4.69) is 16.0 Å². The van der Waals surface area contributed by atoms with Crippen LogP contribution in [0.2, 0.25) is 5.02 Å². The second-order valence-electron chi connectivity index (χ2n) is 9.43. The molecule has 36 heavy (non-hydrogen) atoms. The number of benzene rings is 1. The lowest BCUT2D eigenvalue weighted by molar-refractivity contribution is -0.133. The summed E-state index contributed by atoms with van der Waals surface area (Å²) in [5.74, 6) is 0.174. The van der Waals surface area contributed by atoms with Gasteiger partial charge in [0.2, 0.25) is 5.91 Å². The van der Waals surface area contributed by atoms with Crippen LogP contribution in [0.1, 0.15) is 43.8 Å². The second kappa shape index (κ2) is 14.2. The van der Waals surface area contributed by atoms with Crippen molar-refractivity contribution < 1.29 is 24.2 Å². The van der Waals surface area contributed by atoms with Crippen LogP contribution in [0.5, 0.6) is 0 Å². The summed E-state index contributed by atoms with van der Waals surface area (Å²) >= 11 is 6.23. The van der Waals surface area contributed by atoms with Crippen molar-refractivity contribution in [2.24, 2.45) is 5.92 Å². The van der Waals surface area contributed by atoms with E-state index >= 15 is 0 Å². The molecule has 0 saturated carbocycles. The quantitative estimate of drug-likeness (QED) is 0.331. The molecule has 3 rings (SSSR count). The molecule has 0 aromatic heterocycles. The van der Waals surface area contributed by atoms with Crippen molar-refractivity contribution >= 4 is 29.6 Å². The van der Waals surface area contributed by atoms with Crippen LogP contribution in [0.15, 0.2) is 24.3 Å². The molecule has 2 fully saturated rings. The van der Waals surface area contributed by atoms with Gasteiger partial charge >= 0.3 is 12.1 Å². The minimum absolute atomic E-state index is 0.0271. The van der Waals surface area contributed by atoms with Crippen molar-refractivity contribution in [1.82, 2.24) is 25.8 Å². The normalized spacial score (nSPS) is 20.1. The Balaban J connectivity index is 1.64. The summed E-state index contributed by atoms with van der Waals surface area (Å²) in [5.41, 5.74) is 0.904. The van der Waals surface area contributed by atoms with Crippen LogP contribution in [0.4, 0.5) is 9.59 Å². The molecule has 1 aromatic rings. The molecular formula is C25H38ClN5O5. The summed E-state index contributed by atoms with van der Waals surface area (Å²) in [5, 5.41) is 18.0. The molecule has 10 nitrogen and oxygen atoms in total. The third-order valence-electron chi connectivity index (χ3n) is 6.67. The van der Waals surface area contributed by atoms with Gasteiger partial charge in [-0.2, -0.15) is 0 Å². The predicted molar refractivity (Wildman–Crippen MR) is 137 cm³/mol. The first kappa shape index (κ1) is 28.0. The van der Waals surface area contributed by atoms with Crippen LogP contribution < -0.4 is 16.0 Å². The number of rotatable bonds is 11. The lowest BCUT2D eigenvalue weighted by Crippen LogP contribution is -2.55. The molecule has 0 radical (unpaired) electrons. The Kier molecular flexibility index (Phi) is 11.1. The molecular weight excluding hydrogens is 486 g/mol. The van der Waals surface area contributed by atoms with Crippen molar-refractivity contribution in [2.75, 3.05) is 52.9 Å². The monoisotopic (exact) mass is 523 g/mol. The maximum atomic E-state index is 13.2. The van der Waals surface area contributed by atoms with Crippen LogP contribution in [0, 0.1) is 5.92 Å². The first-order valence-electron chi connectivity index (χ1n) is 12.7. The molecule has 4 N–H and O–H groups in total. The number of nitrogens with zero attached hydrogens (tertiary/aromatic N) is 2. The summed E-state index contributed by atoms with van der Waals surface area (Å²) in [6.45, 7) is 3.32. The summed E-state index contributed by atoms with van der Waals surface area (Å²) in [6.07, 6.45) is 2.77. The number of amides is 4. The number of likely N-dealkylation sites (tertiary alicyclic amines) is 2. The number of carbonyl (C=O) groups excluding carboxylic acids is 2. The Morgan fingerprint density at radius 1 is 1.25 bits per heavy atom. The number of likely N-dealkylation sites (N-methyl/N-ethyl adjacent to an activating group) is 1. The van der Waals surface area contributed by atoms with Crippen LogP contribution in [0.3, 0.4) is 0 Å². The van der Waals surface area contributed by atoms with Gasteiger partial charge in [0.15, 0.2) is 0 Å². The van der Waals surface area contributed by atoms with Gasteiger partial charge in [0.05, 0.1) is 18.8 Å². The average molecular weight is 524 g/mol. The molecule has 3 atom stereocenters. The zero-order chi connectivity index (χ0) is 25.9. The van der Waals surface area contributed by atoms with Gasteiger partial charge in [-0.3, -0.25) is 4.79 Å². The predicted octanol–water partition coefficient (Wildman–Crippen LogP) is 2.69. The average Bonchev–Trinajstić information content (AvgIpc) is 2.85. The van der Waals surface area contributed by atoms with Crippen LogP contribution in [-0.4, -0.2) is 91.9 Å². The second-order valence-corrected chi connectivity index (χ2v) is 9.86. The number of hydrogen-bond acceptors (Lipinski definition) is 5. The maximum Gasteiger partial charge on any atom is 0.404 e. The minimum atomic E-state index is -1.10. The van der Waals surface area contributed by atoms with Crippen molar-refractivity contribution in [3.63, 3.8) is 0 Å². The van der Waals surface area contributed by atoms with Crippen molar-refractivity contribution in [3.8, 4) is 0 Å². The first-order chi connectivity index (χ1) is 17.4. The highest BCUT2D eigenvalue weighted by molar-refractivity contribution is 6.30. The molecule has 4 amide bonds. The number of ether oxygens (including phenoxy) is 1. The van der Waals surface area contributed by atoms with E-state index in [4.69, 9.17) is 21.4 Å². The number of urea groups is 1. The molecule has 0 bridgehead atoms. The standard InChI is InChI=1S/C25H38ClN5O5/c1-27-15-21(17-30-11-3-2-9-22(30)32)29-24(33)31-12-5-7-19(16-31)23(36-13-10-28-25(34)35)18-6-4-8-20(26)14-18/h4,6,8,14,19,21,23,27-28H,2-3,5,7,9-13,15-17H2,1H3,(H,29,33)(H,34,35)/t19-,21-,23?/m1/s1. The summed E-state index contributed by atoms with van der Waals surface area (Å²) in [4.78, 5) is 40.0. The number of carboxylic acid groups (broad SMARTS) is 1. The molecule has 2 aliphatic heterocycles. The van der Waals surface area contributed by atoms with Crippen molar-refractivity contribution in [3.05, 3.63) is 34.9 Å². The molecule has 1 aromatic carbocycles. The Morgan fingerprint density at radius 2 is 2.08 bits per heavy atom.